The molecular weight excluding hydrogens is 242 g/mol. The van der Waals surface area contributed by atoms with Crippen LogP contribution in [0.5, 0.6) is 5.75 Å². The molecule has 19 heavy (non-hydrogen) atoms. The summed E-state index contributed by atoms with van der Waals surface area (Å²) < 4.78 is 5.13. The van der Waals surface area contributed by atoms with E-state index >= 15 is 0 Å². The highest BCUT2D eigenvalue weighted by Gasteiger charge is 2.41. The Morgan fingerprint density at radius 1 is 1.47 bits per heavy atom. The first-order valence-electron chi connectivity index (χ1n) is 6.68. The average Bonchev–Trinajstić information content (AvgIpc) is 3.17. The number of ether oxygens (including phenoxy) is 1. The van der Waals surface area contributed by atoms with Gasteiger partial charge in [0.2, 0.25) is 5.91 Å². The van der Waals surface area contributed by atoms with Crippen molar-refractivity contribution in [1.29, 1.82) is 0 Å². The first kappa shape index (κ1) is 13.9. The minimum Gasteiger partial charge on any atom is -0.497 e. The molecule has 1 fully saturated rings. The number of aliphatic hydroxyl groups is 1. The lowest BCUT2D eigenvalue weighted by atomic mass is 10.0. The monoisotopic (exact) mass is 263 g/mol. The van der Waals surface area contributed by atoms with Crippen molar-refractivity contribution < 1.29 is 14.6 Å². The van der Waals surface area contributed by atoms with Crippen molar-refractivity contribution in [1.82, 2.24) is 5.32 Å². The van der Waals surface area contributed by atoms with Crippen LogP contribution in [0.1, 0.15) is 24.8 Å². The molecule has 0 aromatic heterocycles. The lowest BCUT2D eigenvalue weighted by Gasteiger charge is -2.14. The summed E-state index contributed by atoms with van der Waals surface area (Å²) >= 11 is 0. The predicted molar refractivity (Wildman–Crippen MR) is 73.1 cm³/mol. The Morgan fingerprint density at radius 3 is 2.89 bits per heavy atom. The first-order valence-corrected chi connectivity index (χ1v) is 6.68. The van der Waals surface area contributed by atoms with Gasteiger partial charge in [0.15, 0.2) is 0 Å². The molecule has 1 aromatic rings. The summed E-state index contributed by atoms with van der Waals surface area (Å²) in [6.07, 6.45) is 3.36. The third-order valence-corrected chi connectivity index (χ3v) is 3.76. The van der Waals surface area contributed by atoms with Crippen LogP contribution in [-0.4, -0.2) is 31.3 Å². The third-order valence-electron chi connectivity index (χ3n) is 3.76. The van der Waals surface area contributed by atoms with E-state index in [1.165, 1.54) is 0 Å². The summed E-state index contributed by atoms with van der Waals surface area (Å²) in [5, 5.41) is 11.9. The molecule has 2 rings (SSSR count). The van der Waals surface area contributed by atoms with Crippen molar-refractivity contribution in [3.63, 3.8) is 0 Å². The minimum absolute atomic E-state index is 0.0254. The number of carbonyl (C=O) groups is 1. The van der Waals surface area contributed by atoms with Crippen LogP contribution in [0, 0.1) is 5.41 Å². The van der Waals surface area contributed by atoms with E-state index in [0.29, 0.717) is 13.0 Å². The van der Waals surface area contributed by atoms with Gasteiger partial charge < -0.3 is 15.2 Å². The maximum atomic E-state index is 11.9. The number of benzene rings is 1. The fraction of sp³-hybridized carbons (Fsp3) is 0.533. The second kappa shape index (κ2) is 6.06. The first-order chi connectivity index (χ1) is 9.17. The zero-order valence-electron chi connectivity index (χ0n) is 11.3. The molecule has 2 N–H and O–H groups in total. The van der Waals surface area contributed by atoms with E-state index in [9.17, 15) is 4.79 Å². The van der Waals surface area contributed by atoms with Gasteiger partial charge in [-0.1, -0.05) is 12.1 Å². The van der Waals surface area contributed by atoms with Crippen molar-refractivity contribution in [2.75, 3.05) is 20.3 Å². The Kier molecular flexibility index (Phi) is 4.43. The normalized spacial score (nSPS) is 15.9. The van der Waals surface area contributed by atoms with Crippen LogP contribution in [0.3, 0.4) is 0 Å². The highest BCUT2D eigenvalue weighted by Crippen LogP contribution is 2.47. The minimum atomic E-state index is 0.0254. The molecule has 0 spiro atoms. The molecule has 4 heteroatoms. The van der Waals surface area contributed by atoms with Gasteiger partial charge in [-0.05, 0) is 42.4 Å². The summed E-state index contributed by atoms with van der Waals surface area (Å²) in [5.41, 5.74) is 1.11. The SMILES string of the molecule is COc1cccc(CC(=O)NCC2(CCO)CC2)c1. The molecule has 1 aromatic carbocycles. The van der Waals surface area contributed by atoms with E-state index in [-0.39, 0.29) is 17.9 Å². The zero-order chi connectivity index (χ0) is 13.7. The lowest BCUT2D eigenvalue weighted by molar-refractivity contribution is -0.120. The van der Waals surface area contributed by atoms with Gasteiger partial charge in [-0.25, -0.2) is 0 Å². The highest BCUT2D eigenvalue weighted by atomic mass is 16.5. The average molecular weight is 263 g/mol. The number of amides is 1. The van der Waals surface area contributed by atoms with E-state index in [4.69, 9.17) is 9.84 Å². The topological polar surface area (TPSA) is 58.6 Å². The van der Waals surface area contributed by atoms with Crippen molar-refractivity contribution in [2.45, 2.75) is 25.7 Å². The van der Waals surface area contributed by atoms with E-state index in [0.717, 1.165) is 30.6 Å². The third kappa shape index (κ3) is 3.96. The Morgan fingerprint density at radius 2 is 2.26 bits per heavy atom. The van der Waals surface area contributed by atoms with Crippen LogP contribution in [-0.2, 0) is 11.2 Å². The molecular formula is C15H21NO3. The zero-order valence-corrected chi connectivity index (χ0v) is 11.3. The molecule has 0 bridgehead atoms. The van der Waals surface area contributed by atoms with Crippen LogP contribution in [0.2, 0.25) is 0 Å². The largest absolute Gasteiger partial charge is 0.497 e. The van der Waals surface area contributed by atoms with Gasteiger partial charge in [-0.2, -0.15) is 0 Å². The fourth-order valence-electron chi connectivity index (χ4n) is 2.25. The molecule has 0 radical (unpaired) electrons. The predicted octanol–water partition coefficient (Wildman–Crippen LogP) is 1.52. The number of methoxy groups -OCH3 is 1. The van der Waals surface area contributed by atoms with Crippen LogP contribution < -0.4 is 10.1 Å². The number of aliphatic hydroxyl groups excluding tert-OH is 1. The lowest BCUT2D eigenvalue weighted by Crippen LogP contribution is -2.31. The van der Waals surface area contributed by atoms with Crippen molar-refractivity contribution >= 4 is 5.91 Å². The Hall–Kier alpha value is -1.55. The number of nitrogens with one attached hydrogen (secondary N) is 1. The molecule has 0 unspecified atom stereocenters. The molecule has 0 aliphatic heterocycles. The highest BCUT2D eigenvalue weighted by molar-refractivity contribution is 5.78. The van der Waals surface area contributed by atoms with Crippen molar-refractivity contribution in [2.24, 2.45) is 5.41 Å². The molecule has 104 valence electrons. The fourth-order valence-corrected chi connectivity index (χ4v) is 2.25. The summed E-state index contributed by atoms with van der Waals surface area (Å²) in [5.74, 6) is 0.793. The Bertz CT molecular complexity index is 441. The van der Waals surface area contributed by atoms with Crippen LogP contribution >= 0.6 is 0 Å². The molecule has 0 saturated heterocycles. The van der Waals surface area contributed by atoms with E-state index in [2.05, 4.69) is 5.32 Å². The summed E-state index contributed by atoms with van der Waals surface area (Å²) in [6, 6.07) is 7.54. The Labute approximate surface area is 113 Å². The summed E-state index contributed by atoms with van der Waals surface area (Å²) in [6.45, 7) is 0.877. The van der Waals surface area contributed by atoms with E-state index in [1.807, 2.05) is 24.3 Å². The number of carbonyl (C=O) groups excluding carboxylic acids is 1. The van der Waals surface area contributed by atoms with Crippen LogP contribution in [0.4, 0.5) is 0 Å². The molecule has 1 aliphatic carbocycles. The second-order valence-corrected chi connectivity index (χ2v) is 5.28. The van der Waals surface area contributed by atoms with Gasteiger partial charge >= 0.3 is 0 Å². The van der Waals surface area contributed by atoms with Gasteiger partial charge in [0.05, 0.1) is 13.5 Å². The number of hydrogen-bond acceptors (Lipinski definition) is 3. The van der Waals surface area contributed by atoms with Gasteiger partial charge in [-0.3, -0.25) is 4.79 Å². The van der Waals surface area contributed by atoms with Gasteiger partial charge in [0.1, 0.15) is 5.75 Å². The smallest absolute Gasteiger partial charge is 0.224 e. The number of hydrogen-bond donors (Lipinski definition) is 2. The maximum Gasteiger partial charge on any atom is 0.224 e. The molecule has 1 amide bonds. The maximum absolute atomic E-state index is 11.9. The van der Waals surface area contributed by atoms with Crippen molar-refractivity contribution in [3.05, 3.63) is 29.8 Å². The quantitative estimate of drug-likeness (QED) is 0.784. The Balaban J connectivity index is 1.81. The van der Waals surface area contributed by atoms with Crippen LogP contribution in [0.15, 0.2) is 24.3 Å². The van der Waals surface area contributed by atoms with Crippen LogP contribution in [0.25, 0.3) is 0 Å². The summed E-state index contributed by atoms with van der Waals surface area (Å²) in [4.78, 5) is 11.9. The molecule has 1 aliphatic rings. The molecule has 4 nitrogen and oxygen atoms in total. The molecule has 0 atom stereocenters. The number of rotatable bonds is 7. The van der Waals surface area contributed by atoms with E-state index in [1.54, 1.807) is 7.11 Å². The van der Waals surface area contributed by atoms with Gasteiger partial charge in [0, 0.05) is 13.2 Å². The van der Waals surface area contributed by atoms with Crippen molar-refractivity contribution in [3.8, 4) is 5.75 Å². The second-order valence-electron chi connectivity index (χ2n) is 5.28. The van der Waals surface area contributed by atoms with E-state index < -0.39 is 0 Å². The summed E-state index contributed by atoms with van der Waals surface area (Å²) in [7, 11) is 1.62. The molecule has 1 saturated carbocycles. The van der Waals surface area contributed by atoms with Gasteiger partial charge in [-0.15, -0.1) is 0 Å². The standard InChI is InChI=1S/C15H21NO3/c1-19-13-4-2-3-12(9-13)10-14(18)16-11-15(5-6-15)7-8-17/h2-4,9,17H,5-8,10-11H2,1H3,(H,16,18). The molecule has 0 heterocycles. The van der Waals surface area contributed by atoms with Gasteiger partial charge in [0.25, 0.3) is 0 Å².